The summed E-state index contributed by atoms with van der Waals surface area (Å²) < 4.78 is 4.55. The molecule has 5 heteroatoms. The second-order valence-corrected chi connectivity index (χ2v) is 7.04. The first-order valence-corrected chi connectivity index (χ1v) is 8.12. The summed E-state index contributed by atoms with van der Waals surface area (Å²) in [6, 6.07) is 17.3. The third-order valence-electron chi connectivity index (χ3n) is 5.98. The Hall–Kier alpha value is -2.82. The van der Waals surface area contributed by atoms with E-state index in [-0.39, 0.29) is 11.4 Å². The van der Waals surface area contributed by atoms with Crippen LogP contribution in [0.2, 0.25) is 0 Å². The molecule has 0 bridgehead atoms. The van der Waals surface area contributed by atoms with E-state index >= 15 is 0 Å². The van der Waals surface area contributed by atoms with Crippen LogP contribution in [-0.4, -0.2) is 13.9 Å². The zero-order valence-corrected chi connectivity index (χ0v) is 13.6. The fourth-order valence-electron chi connectivity index (χ4n) is 4.62. The lowest BCUT2D eigenvalue weighted by Gasteiger charge is -2.53. The topological polar surface area (TPSA) is 48.9 Å². The van der Waals surface area contributed by atoms with Gasteiger partial charge in [-0.05, 0) is 37.1 Å². The maximum atomic E-state index is 13.1. The van der Waals surface area contributed by atoms with Crippen LogP contribution in [0.15, 0.2) is 64.2 Å². The van der Waals surface area contributed by atoms with E-state index in [4.69, 9.17) is 0 Å². The summed E-state index contributed by atoms with van der Waals surface area (Å²) in [5.74, 6) is 0. The quantitative estimate of drug-likeness (QED) is 0.687. The highest BCUT2D eigenvalue weighted by atomic mass is 16.2. The van der Waals surface area contributed by atoms with E-state index in [0.717, 1.165) is 12.0 Å². The molecule has 2 atom stereocenters. The van der Waals surface area contributed by atoms with Gasteiger partial charge in [0.25, 0.3) is 0 Å². The number of benzene rings is 2. The van der Waals surface area contributed by atoms with Gasteiger partial charge in [0.15, 0.2) is 0 Å². The standard InChI is InChI=1S/C19H17N3O2/c1-18-12-13-8-6-7-11-15(13)19(18,2)22-17(24)20(16(23)21(18)22)14-9-4-3-5-10-14/h3-11H,12H2,1-2H3/t18-,19+/m0/s1. The molecule has 0 saturated heterocycles. The molecule has 0 fully saturated rings. The summed E-state index contributed by atoms with van der Waals surface area (Å²) in [6.45, 7) is 4.14. The third kappa shape index (κ3) is 1.22. The van der Waals surface area contributed by atoms with Crippen LogP contribution in [-0.2, 0) is 17.5 Å². The number of hydrogen-bond acceptors (Lipinski definition) is 2. The van der Waals surface area contributed by atoms with Crippen molar-refractivity contribution in [3.63, 3.8) is 0 Å². The van der Waals surface area contributed by atoms with Crippen LogP contribution in [0, 0.1) is 0 Å². The van der Waals surface area contributed by atoms with Gasteiger partial charge < -0.3 is 0 Å². The molecule has 3 aromatic rings. The number of nitrogens with zero attached hydrogens (tertiary/aromatic N) is 3. The molecule has 120 valence electrons. The summed E-state index contributed by atoms with van der Waals surface area (Å²) in [6.07, 6.45) is 0.762. The fraction of sp³-hybridized carbons (Fsp3) is 0.263. The van der Waals surface area contributed by atoms with Crippen LogP contribution in [0.5, 0.6) is 0 Å². The molecule has 2 heterocycles. The molecule has 0 N–H and O–H groups in total. The smallest absolute Gasteiger partial charge is 0.245 e. The average Bonchev–Trinajstić information content (AvgIpc) is 2.94. The SMILES string of the molecule is C[C@@]12c3ccccc3C[C@]1(C)n1c(=O)n(-c3ccccc3)c(=O)n12. The summed E-state index contributed by atoms with van der Waals surface area (Å²) >= 11 is 0. The summed E-state index contributed by atoms with van der Waals surface area (Å²) in [5, 5.41) is 0. The van der Waals surface area contributed by atoms with Gasteiger partial charge in [-0.1, -0.05) is 42.5 Å². The van der Waals surface area contributed by atoms with E-state index in [9.17, 15) is 9.59 Å². The Morgan fingerprint density at radius 3 is 2.21 bits per heavy atom. The van der Waals surface area contributed by atoms with Crippen LogP contribution in [0.3, 0.4) is 0 Å². The zero-order valence-electron chi connectivity index (χ0n) is 13.6. The molecule has 2 aromatic carbocycles. The van der Waals surface area contributed by atoms with E-state index in [0.29, 0.717) is 5.69 Å². The van der Waals surface area contributed by atoms with Crippen LogP contribution >= 0.6 is 0 Å². The van der Waals surface area contributed by atoms with Crippen molar-refractivity contribution in [3.8, 4) is 5.69 Å². The van der Waals surface area contributed by atoms with Crippen molar-refractivity contribution in [1.82, 2.24) is 13.9 Å². The van der Waals surface area contributed by atoms with Gasteiger partial charge in [-0.25, -0.2) is 23.5 Å². The molecule has 1 aliphatic carbocycles. The first kappa shape index (κ1) is 13.6. The van der Waals surface area contributed by atoms with Crippen molar-refractivity contribution in [2.45, 2.75) is 31.3 Å². The molecule has 2 aliphatic rings. The molecular weight excluding hydrogens is 302 g/mol. The minimum Gasteiger partial charge on any atom is -0.245 e. The second-order valence-electron chi connectivity index (χ2n) is 7.04. The molecule has 0 radical (unpaired) electrons. The number of fused-ring (bicyclic) bond motifs is 6. The Bertz CT molecular complexity index is 1110. The first-order chi connectivity index (χ1) is 11.5. The number of aromatic nitrogens is 3. The van der Waals surface area contributed by atoms with Crippen molar-refractivity contribution >= 4 is 0 Å². The minimum atomic E-state index is -0.486. The van der Waals surface area contributed by atoms with Crippen LogP contribution in [0.25, 0.3) is 5.69 Å². The summed E-state index contributed by atoms with van der Waals surface area (Å²) in [7, 11) is 0. The molecule has 24 heavy (non-hydrogen) atoms. The van der Waals surface area contributed by atoms with Crippen LogP contribution in [0.4, 0.5) is 0 Å². The van der Waals surface area contributed by atoms with Crippen molar-refractivity contribution in [2.24, 2.45) is 0 Å². The predicted octanol–water partition coefficient (Wildman–Crippen LogP) is 1.85. The van der Waals surface area contributed by atoms with Gasteiger partial charge in [0.05, 0.1) is 11.2 Å². The summed E-state index contributed by atoms with van der Waals surface area (Å²) in [5.41, 5.74) is 1.53. The van der Waals surface area contributed by atoms with E-state index in [1.54, 1.807) is 21.5 Å². The van der Waals surface area contributed by atoms with Crippen molar-refractivity contribution in [1.29, 1.82) is 0 Å². The maximum Gasteiger partial charge on any atom is 0.352 e. The first-order valence-electron chi connectivity index (χ1n) is 8.12. The van der Waals surface area contributed by atoms with Gasteiger partial charge in [0.1, 0.15) is 5.54 Å². The van der Waals surface area contributed by atoms with E-state index in [1.807, 2.05) is 30.3 Å². The average molecular weight is 319 g/mol. The Morgan fingerprint density at radius 2 is 1.46 bits per heavy atom. The maximum absolute atomic E-state index is 13.1. The monoisotopic (exact) mass is 319 g/mol. The molecule has 1 aliphatic heterocycles. The van der Waals surface area contributed by atoms with Crippen molar-refractivity contribution in [2.75, 3.05) is 0 Å². The largest absolute Gasteiger partial charge is 0.352 e. The number of hydrogen-bond donors (Lipinski definition) is 0. The van der Waals surface area contributed by atoms with E-state index < -0.39 is 11.1 Å². The normalized spacial score (nSPS) is 26.4. The number of rotatable bonds is 1. The van der Waals surface area contributed by atoms with Gasteiger partial charge in [-0.15, -0.1) is 0 Å². The summed E-state index contributed by atoms with van der Waals surface area (Å²) in [4.78, 5) is 26.1. The molecule has 1 aromatic heterocycles. The molecule has 5 nitrogen and oxygen atoms in total. The van der Waals surface area contributed by atoms with Gasteiger partial charge in [0.2, 0.25) is 0 Å². The van der Waals surface area contributed by atoms with Crippen LogP contribution in [0.1, 0.15) is 25.0 Å². The van der Waals surface area contributed by atoms with Crippen molar-refractivity contribution in [3.05, 3.63) is 86.7 Å². The molecule has 0 spiro atoms. The highest BCUT2D eigenvalue weighted by Crippen LogP contribution is 2.55. The fourth-order valence-corrected chi connectivity index (χ4v) is 4.62. The number of para-hydroxylation sites is 1. The molecule has 0 amide bonds. The highest BCUT2D eigenvalue weighted by molar-refractivity contribution is 5.47. The zero-order chi connectivity index (χ0) is 16.7. The third-order valence-corrected chi connectivity index (χ3v) is 5.98. The van der Waals surface area contributed by atoms with Gasteiger partial charge in [-0.2, -0.15) is 0 Å². The molecule has 0 unspecified atom stereocenters. The van der Waals surface area contributed by atoms with Crippen LogP contribution < -0.4 is 11.4 Å². The Balaban J connectivity index is 1.86. The Labute approximate surface area is 138 Å². The van der Waals surface area contributed by atoms with Gasteiger partial charge in [-0.3, -0.25) is 0 Å². The highest BCUT2D eigenvalue weighted by Gasteiger charge is 2.65. The van der Waals surface area contributed by atoms with Gasteiger partial charge >= 0.3 is 11.4 Å². The lowest BCUT2D eigenvalue weighted by Crippen LogP contribution is -2.69. The minimum absolute atomic E-state index is 0.265. The lowest BCUT2D eigenvalue weighted by atomic mass is 9.76. The second kappa shape index (κ2) is 3.98. The predicted molar refractivity (Wildman–Crippen MR) is 90.8 cm³/mol. The van der Waals surface area contributed by atoms with E-state index in [1.165, 1.54) is 10.1 Å². The molecule has 0 saturated carbocycles. The van der Waals surface area contributed by atoms with E-state index in [2.05, 4.69) is 26.0 Å². The Morgan fingerprint density at radius 1 is 0.833 bits per heavy atom. The lowest BCUT2D eigenvalue weighted by molar-refractivity contribution is -0.0193. The van der Waals surface area contributed by atoms with Gasteiger partial charge in [0, 0.05) is 6.42 Å². The Kier molecular flexibility index (Phi) is 2.26. The van der Waals surface area contributed by atoms with Crippen molar-refractivity contribution < 1.29 is 0 Å². The molecular formula is C19H17N3O2. The molecule has 5 rings (SSSR count).